The number of ether oxygens (including phenoxy) is 1. The molecule has 1 saturated heterocycles. The van der Waals surface area contributed by atoms with Gasteiger partial charge in [0.1, 0.15) is 17.6 Å². The van der Waals surface area contributed by atoms with Crippen molar-refractivity contribution in [2.45, 2.75) is 23.8 Å². The van der Waals surface area contributed by atoms with Crippen LogP contribution in [0.5, 0.6) is 0 Å². The number of hydrogen-bond acceptors (Lipinski definition) is 8. The predicted molar refractivity (Wildman–Crippen MR) is 79.8 cm³/mol. The van der Waals surface area contributed by atoms with E-state index < -0.39 is 57.3 Å². The highest BCUT2D eigenvalue weighted by molar-refractivity contribution is 7.60. The number of aliphatic hydroxyl groups excluding tert-OH is 1. The maximum Gasteiger partial charge on any atom is 0.481 e. The Balaban J connectivity index is 2.09. The molecule has 0 saturated carbocycles. The first-order valence-electron chi connectivity index (χ1n) is 6.43. The number of H-pyrrole nitrogens is 1. The fourth-order valence-corrected chi connectivity index (χ4v) is 3.96. The van der Waals surface area contributed by atoms with E-state index in [2.05, 4.69) is 8.83 Å². The smallest absolute Gasteiger partial charge is 0.389 e. The lowest BCUT2D eigenvalue weighted by Crippen LogP contribution is -2.35. The number of aliphatic hydroxyl groups is 1. The Kier molecular flexibility index (Phi) is 6.07. The minimum absolute atomic E-state index is 0.665. The lowest BCUT2D eigenvalue weighted by atomic mass is 10.2. The van der Waals surface area contributed by atoms with Crippen LogP contribution in [-0.4, -0.2) is 53.5 Å². The van der Waals surface area contributed by atoms with Gasteiger partial charge in [0.15, 0.2) is 6.23 Å². The van der Waals surface area contributed by atoms with E-state index in [1.165, 1.54) is 0 Å². The number of nitrogens with one attached hydrogen (secondary N) is 1. The third-order valence-corrected chi connectivity index (χ3v) is 5.66. The van der Waals surface area contributed by atoms with Gasteiger partial charge >= 0.3 is 21.3 Å². The molecule has 1 aromatic heterocycles. The molecule has 0 amide bonds. The highest BCUT2D eigenvalue weighted by atomic mass is 35.5. The average molecular weight is 423 g/mol. The maximum absolute atomic E-state index is 11.7. The van der Waals surface area contributed by atoms with Gasteiger partial charge in [-0.3, -0.25) is 18.9 Å². The van der Waals surface area contributed by atoms with Gasteiger partial charge in [-0.25, -0.2) is 13.9 Å². The maximum atomic E-state index is 11.7. The first-order valence-corrected chi connectivity index (χ1v) is 9.89. The van der Waals surface area contributed by atoms with Crippen LogP contribution in [0.1, 0.15) is 6.23 Å². The van der Waals surface area contributed by atoms with Gasteiger partial charge in [-0.1, -0.05) is 0 Å². The van der Waals surface area contributed by atoms with Crippen LogP contribution in [0.3, 0.4) is 0 Å². The van der Waals surface area contributed by atoms with E-state index >= 15 is 0 Å². The summed E-state index contributed by atoms with van der Waals surface area (Å²) >= 11 is 5.96. The van der Waals surface area contributed by atoms with Crippen molar-refractivity contribution >= 4 is 27.2 Å². The Bertz CT molecular complexity index is 833. The van der Waals surface area contributed by atoms with Crippen LogP contribution < -0.4 is 11.2 Å². The fourth-order valence-electron chi connectivity index (χ4n) is 2.02. The Labute approximate surface area is 143 Å². The van der Waals surface area contributed by atoms with Crippen LogP contribution in [0.15, 0.2) is 21.9 Å². The number of halogens is 1. The minimum Gasteiger partial charge on any atom is -0.389 e. The number of aromatic nitrogens is 2. The SMILES string of the molecule is O=c1ccn(C2OC(COP(=O)(O)OP(=O)(O)O)C(O)C2Cl)c(=O)[nH]1. The Morgan fingerprint density at radius 2 is 1.96 bits per heavy atom. The highest BCUT2D eigenvalue weighted by Gasteiger charge is 2.45. The molecule has 2 rings (SSSR count). The van der Waals surface area contributed by atoms with Gasteiger partial charge in [0.25, 0.3) is 5.56 Å². The predicted octanol–water partition coefficient (Wildman–Crippen LogP) is -1.37. The number of alkyl halides is 1. The van der Waals surface area contributed by atoms with Gasteiger partial charge in [-0.15, -0.1) is 11.6 Å². The van der Waals surface area contributed by atoms with Crippen LogP contribution in [0, 0.1) is 0 Å². The molecule has 5 N–H and O–H groups in total. The van der Waals surface area contributed by atoms with Gasteiger partial charge in [-0.2, -0.15) is 4.31 Å². The first-order chi connectivity index (χ1) is 11.4. The summed E-state index contributed by atoms with van der Waals surface area (Å²) in [6.07, 6.45) is -2.96. The number of rotatable bonds is 6. The summed E-state index contributed by atoms with van der Waals surface area (Å²) in [4.78, 5) is 50.9. The van der Waals surface area contributed by atoms with Gasteiger partial charge in [0.2, 0.25) is 0 Å². The van der Waals surface area contributed by atoms with Crippen LogP contribution in [0.25, 0.3) is 0 Å². The summed E-state index contributed by atoms with van der Waals surface area (Å²) in [5.74, 6) is 0. The number of hydrogen-bond donors (Lipinski definition) is 5. The van der Waals surface area contributed by atoms with Crippen molar-refractivity contribution in [2.75, 3.05) is 6.61 Å². The van der Waals surface area contributed by atoms with Crippen molar-refractivity contribution in [3.63, 3.8) is 0 Å². The molecule has 0 aromatic carbocycles. The molecule has 2 heterocycles. The molecule has 0 spiro atoms. The van der Waals surface area contributed by atoms with E-state index in [0.717, 1.165) is 16.8 Å². The number of phosphoric ester groups is 1. The van der Waals surface area contributed by atoms with E-state index in [1.54, 1.807) is 0 Å². The molecule has 13 nitrogen and oxygen atoms in total. The molecule has 1 aliphatic rings. The van der Waals surface area contributed by atoms with Crippen molar-refractivity contribution in [1.82, 2.24) is 9.55 Å². The van der Waals surface area contributed by atoms with Crippen molar-refractivity contribution in [3.05, 3.63) is 33.1 Å². The summed E-state index contributed by atoms with van der Waals surface area (Å²) in [5.41, 5.74) is -1.53. The molecule has 142 valence electrons. The molecule has 1 aromatic rings. The Morgan fingerprint density at radius 3 is 2.52 bits per heavy atom. The van der Waals surface area contributed by atoms with Crippen molar-refractivity contribution in [1.29, 1.82) is 0 Å². The fraction of sp³-hybridized carbons (Fsp3) is 0.556. The topological polar surface area (TPSA) is 198 Å². The summed E-state index contributed by atoms with van der Waals surface area (Å²) in [7, 11) is -10.4. The van der Waals surface area contributed by atoms with Crippen LogP contribution >= 0.6 is 27.2 Å². The molecule has 0 aliphatic carbocycles. The van der Waals surface area contributed by atoms with Crippen LogP contribution in [0.2, 0.25) is 0 Å². The number of nitrogens with zero attached hydrogens (tertiary/aromatic N) is 1. The van der Waals surface area contributed by atoms with E-state index in [9.17, 15) is 28.7 Å². The van der Waals surface area contributed by atoms with Crippen LogP contribution in [-0.2, 0) is 22.7 Å². The molecule has 1 fully saturated rings. The quantitative estimate of drug-likeness (QED) is 0.267. The third-order valence-electron chi connectivity index (χ3n) is 3.03. The zero-order valence-electron chi connectivity index (χ0n) is 12.0. The lowest BCUT2D eigenvalue weighted by molar-refractivity contribution is -0.0448. The van der Waals surface area contributed by atoms with Gasteiger partial charge in [0, 0.05) is 12.3 Å². The van der Waals surface area contributed by atoms with Gasteiger partial charge in [-0.05, 0) is 0 Å². The molecule has 25 heavy (non-hydrogen) atoms. The van der Waals surface area contributed by atoms with Crippen LogP contribution in [0.4, 0.5) is 0 Å². The van der Waals surface area contributed by atoms with Crippen molar-refractivity contribution < 1.29 is 42.5 Å². The molecule has 16 heteroatoms. The standard InChI is InChI=1S/C9H13ClN2O11P2/c10-6-7(14)4(3-21-25(19,20)23-24(16,17)18)22-8(6)12-2-1-5(13)11-9(12)15/h1-2,4,6-8,14H,3H2,(H,19,20)(H,11,13,15)(H2,16,17,18). The second-order valence-corrected chi connectivity index (χ2v) is 8.19. The summed E-state index contributed by atoms with van der Waals surface area (Å²) in [5, 5.41) is 8.78. The molecule has 5 atom stereocenters. The molecule has 5 unspecified atom stereocenters. The number of phosphoric acid groups is 2. The minimum atomic E-state index is -5.29. The second kappa shape index (κ2) is 7.41. The van der Waals surface area contributed by atoms with E-state index in [1.807, 2.05) is 4.98 Å². The highest BCUT2D eigenvalue weighted by Crippen LogP contribution is 2.57. The largest absolute Gasteiger partial charge is 0.481 e. The molecular formula is C9H13ClN2O11P2. The van der Waals surface area contributed by atoms with Gasteiger partial charge < -0.3 is 24.5 Å². The Hall–Kier alpha value is -0.850. The molecule has 0 bridgehead atoms. The normalized spacial score (nSPS) is 29.5. The third kappa shape index (κ3) is 5.31. The summed E-state index contributed by atoms with van der Waals surface area (Å²) in [6.45, 7) is -0.827. The number of aromatic amines is 1. The molecule has 0 radical (unpaired) electrons. The molecular weight excluding hydrogens is 410 g/mol. The van der Waals surface area contributed by atoms with Crippen molar-refractivity contribution in [3.8, 4) is 0 Å². The lowest BCUT2D eigenvalue weighted by Gasteiger charge is -2.17. The van der Waals surface area contributed by atoms with E-state index in [-0.39, 0.29) is 0 Å². The monoisotopic (exact) mass is 422 g/mol. The van der Waals surface area contributed by atoms with Gasteiger partial charge in [0.05, 0.1) is 6.61 Å². The van der Waals surface area contributed by atoms with E-state index in [0.29, 0.717) is 0 Å². The summed E-state index contributed by atoms with van der Waals surface area (Å²) in [6, 6.07) is 1.01. The Morgan fingerprint density at radius 1 is 1.32 bits per heavy atom. The molecule has 1 aliphatic heterocycles. The summed E-state index contributed by atoms with van der Waals surface area (Å²) < 4.78 is 36.0. The van der Waals surface area contributed by atoms with Crippen molar-refractivity contribution in [2.24, 2.45) is 0 Å². The zero-order chi connectivity index (χ0) is 19.0. The van der Waals surface area contributed by atoms with E-state index in [4.69, 9.17) is 26.1 Å². The first kappa shape index (κ1) is 20.5. The second-order valence-electron chi connectivity index (χ2n) is 4.85. The zero-order valence-corrected chi connectivity index (χ0v) is 14.6. The average Bonchev–Trinajstić information content (AvgIpc) is 2.71.